The number of amides is 1. The Kier molecular flexibility index (Phi) is 7.95. The first-order valence-corrected chi connectivity index (χ1v) is 12.3. The molecule has 35 heavy (non-hydrogen) atoms. The van der Waals surface area contributed by atoms with E-state index in [0.717, 1.165) is 15.6 Å². The number of carbonyl (C=O) groups excluding carboxylic acids is 1. The summed E-state index contributed by atoms with van der Waals surface area (Å²) < 4.78 is 18.0. The zero-order valence-electron chi connectivity index (χ0n) is 19.0. The molecule has 0 saturated carbocycles. The Morgan fingerprint density at radius 1 is 1.06 bits per heavy atom. The minimum atomic E-state index is -0.266. The minimum absolute atomic E-state index is 0.231. The predicted octanol–water partition coefficient (Wildman–Crippen LogP) is 6.35. The van der Waals surface area contributed by atoms with Crippen LogP contribution in [0.4, 0.5) is 5.69 Å². The van der Waals surface area contributed by atoms with E-state index in [0.29, 0.717) is 40.3 Å². The number of anilines is 1. The Labute approximate surface area is 222 Å². The van der Waals surface area contributed by atoms with E-state index < -0.39 is 0 Å². The number of hydrogen-bond acceptors (Lipinski definition) is 5. The van der Waals surface area contributed by atoms with Crippen LogP contribution in [0.2, 0.25) is 5.02 Å². The van der Waals surface area contributed by atoms with Crippen molar-refractivity contribution in [2.45, 2.75) is 13.5 Å². The summed E-state index contributed by atoms with van der Waals surface area (Å²) in [7, 11) is 1.60. The van der Waals surface area contributed by atoms with Gasteiger partial charge in [0.15, 0.2) is 5.11 Å². The second-order valence-electron chi connectivity index (χ2n) is 7.46. The van der Waals surface area contributed by atoms with Gasteiger partial charge in [0, 0.05) is 10.0 Å². The van der Waals surface area contributed by atoms with E-state index >= 15 is 0 Å². The monoisotopic (exact) mass is 572 g/mol. The third kappa shape index (κ3) is 5.61. The number of ether oxygens (including phenoxy) is 3. The van der Waals surface area contributed by atoms with Gasteiger partial charge in [0.2, 0.25) is 0 Å². The molecule has 1 aliphatic rings. The van der Waals surface area contributed by atoms with E-state index in [1.54, 1.807) is 31.4 Å². The highest BCUT2D eigenvalue weighted by atomic mass is 79.9. The molecule has 1 N–H and O–H groups in total. The van der Waals surface area contributed by atoms with E-state index in [4.69, 9.17) is 38.0 Å². The highest BCUT2D eigenvalue weighted by Gasteiger charge is 2.33. The molecule has 3 aromatic carbocycles. The van der Waals surface area contributed by atoms with Crippen LogP contribution in [0.15, 0.2) is 70.8 Å². The van der Waals surface area contributed by atoms with E-state index in [-0.39, 0.29) is 17.6 Å². The molecule has 0 aliphatic carbocycles. The number of thiocarbonyl (C=S) groups is 1. The van der Waals surface area contributed by atoms with Crippen molar-refractivity contribution in [1.82, 2.24) is 5.32 Å². The molecule has 0 spiro atoms. The van der Waals surface area contributed by atoms with Crippen molar-refractivity contribution in [2.75, 3.05) is 18.6 Å². The van der Waals surface area contributed by atoms with Gasteiger partial charge in [-0.05, 0) is 73.2 Å². The first-order valence-electron chi connectivity index (χ1n) is 10.7. The standard InChI is InChI=1S/C26H22BrClN2O4S/c1-3-33-24-7-5-4-6-21(24)30-25(31)20(29-26(30)35)13-16-8-10-22(32-2)17(12-16)15-34-23-11-9-18(27)14-19(23)28/h4-14H,3,15H2,1-2H3,(H,29,35)/b20-13+. The summed E-state index contributed by atoms with van der Waals surface area (Å²) in [5.74, 6) is 1.54. The second kappa shape index (κ2) is 11.1. The van der Waals surface area contributed by atoms with Gasteiger partial charge in [-0.25, -0.2) is 4.90 Å². The number of halogens is 2. The van der Waals surface area contributed by atoms with Gasteiger partial charge in [0.1, 0.15) is 29.6 Å². The minimum Gasteiger partial charge on any atom is -0.496 e. The molecule has 1 amide bonds. The molecular formula is C26H22BrClN2O4S. The van der Waals surface area contributed by atoms with Gasteiger partial charge in [0.05, 0.1) is 24.4 Å². The smallest absolute Gasteiger partial charge is 0.281 e. The Morgan fingerprint density at radius 3 is 2.57 bits per heavy atom. The van der Waals surface area contributed by atoms with E-state index in [2.05, 4.69) is 21.2 Å². The third-order valence-corrected chi connectivity index (χ3v) is 6.25. The maximum atomic E-state index is 13.2. The van der Waals surface area contributed by atoms with Crippen molar-refractivity contribution in [3.8, 4) is 17.2 Å². The number of nitrogens with one attached hydrogen (secondary N) is 1. The lowest BCUT2D eigenvalue weighted by molar-refractivity contribution is -0.113. The van der Waals surface area contributed by atoms with E-state index in [1.807, 2.05) is 49.4 Å². The largest absolute Gasteiger partial charge is 0.496 e. The van der Waals surface area contributed by atoms with E-state index in [1.165, 1.54) is 4.90 Å². The van der Waals surface area contributed by atoms with Gasteiger partial charge >= 0.3 is 0 Å². The SMILES string of the molecule is CCOc1ccccc1N1C(=O)/C(=C\c2ccc(OC)c(COc3ccc(Br)cc3Cl)c2)NC1=S. The Hall–Kier alpha value is -3.07. The fourth-order valence-corrected chi connectivity index (χ4v) is 4.61. The molecule has 0 bridgehead atoms. The summed E-state index contributed by atoms with van der Waals surface area (Å²) in [6.07, 6.45) is 1.74. The van der Waals surface area contributed by atoms with Crippen LogP contribution in [0.1, 0.15) is 18.1 Å². The first kappa shape index (κ1) is 25.0. The highest BCUT2D eigenvalue weighted by molar-refractivity contribution is 9.10. The number of methoxy groups -OCH3 is 1. The van der Waals surface area contributed by atoms with E-state index in [9.17, 15) is 4.79 Å². The summed E-state index contributed by atoms with van der Waals surface area (Å²) in [6, 6.07) is 18.3. The lowest BCUT2D eigenvalue weighted by Gasteiger charge is -2.18. The van der Waals surface area contributed by atoms with Crippen molar-refractivity contribution in [2.24, 2.45) is 0 Å². The molecule has 0 unspecified atom stereocenters. The van der Waals surface area contributed by atoms with Crippen LogP contribution in [-0.2, 0) is 11.4 Å². The Bertz CT molecular complexity index is 1310. The van der Waals surface area contributed by atoms with Crippen molar-refractivity contribution < 1.29 is 19.0 Å². The van der Waals surface area contributed by atoms with Crippen LogP contribution >= 0.6 is 39.7 Å². The fourth-order valence-electron chi connectivity index (χ4n) is 3.59. The number of hydrogen-bond donors (Lipinski definition) is 1. The Morgan fingerprint density at radius 2 is 1.83 bits per heavy atom. The van der Waals surface area contributed by atoms with Crippen LogP contribution in [-0.4, -0.2) is 24.7 Å². The topological polar surface area (TPSA) is 60.0 Å². The number of nitrogens with zero attached hydrogens (tertiary/aromatic N) is 1. The molecule has 3 aromatic rings. The molecule has 6 nitrogen and oxygen atoms in total. The van der Waals surface area contributed by atoms with Gasteiger partial charge in [-0.1, -0.05) is 45.7 Å². The zero-order valence-corrected chi connectivity index (χ0v) is 22.2. The third-order valence-electron chi connectivity index (χ3n) is 5.18. The molecule has 1 heterocycles. The summed E-state index contributed by atoms with van der Waals surface area (Å²) in [6.45, 7) is 2.60. The zero-order chi connectivity index (χ0) is 24.9. The van der Waals surface area contributed by atoms with Crippen molar-refractivity contribution in [1.29, 1.82) is 0 Å². The summed E-state index contributed by atoms with van der Waals surface area (Å²) in [5, 5.41) is 3.80. The normalized spacial score (nSPS) is 14.3. The average molecular weight is 574 g/mol. The molecule has 4 rings (SSSR count). The van der Waals surface area contributed by atoms with Crippen LogP contribution in [0.3, 0.4) is 0 Å². The van der Waals surface area contributed by atoms with Crippen molar-refractivity contribution in [3.63, 3.8) is 0 Å². The summed E-state index contributed by atoms with van der Waals surface area (Å²) in [4.78, 5) is 14.7. The number of rotatable bonds is 8. The maximum absolute atomic E-state index is 13.2. The van der Waals surface area contributed by atoms with Crippen molar-refractivity contribution in [3.05, 3.63) is 87.0 Å². The molecule has 0 atom stereocenters. The van der Waals surface area contributed by atoms with Crippen LogP contribution in [0.5, 0.6) is 17.2 Å². The first-order chi connectivity index (χ1) is 16.9. The summed E-state index contributed by atoms with van der Waals surface area (Å²) in [5.41, 5.74) is 2.53. The maximum Gasteiger partial charge on any atom is 0.281 e. The Balaban J connectivity index is 1.59. The molecule has 0 radical (unpaired) electrons. The lowest BCUT2D eigenvalue weighted by atomic mass is 10.1. The predicted molar refractivity (Wildman–Crippen MR) is 145 cm³/mol. The lowest BCUT2D eigenvalue weighted by Crippen LogP contribution is -2.30. The van der Waals surface area contributed by atoms with Gasteiger partial charge in [-0.2, -0.15) is 0 Å². The van der Waals surface area contributed by atoms with Crippen LogP contribution < -0.4 is 24.4 Å². The van der Waals surface area contributed by atoms with Crippen LogP contribution in [0.25, 0.3) is 6.08 Å². The second-order valence-corrected chi connectivity index (χ2v) is 9.17. The van der Waals surface area contributed by atoms with Gasteiger partial charge < -0.3 is 19.5 Å². The molecule has 1 fully saturated rings. The number of benzene rings is 3. The molecule has 0 aromatic heterocycles. The average Bonchev–Trinajstić information content (AvgIpc) is 3.11. The van der Waals surface area contributed by atoms with Gasteiger partial charge in [-0.3, -0.25) is 4.79 Å². The summed E-state index contributed by atoms with van der Waals surface area (Å²) >= 11 is 15.1. The molecule has 1 saturated heterocycles. The fraction of sp³-hybridized carbons (Fsp3) is 0.154. The van der Waals surface area contributed by atoms with Gasteiger partial charge in [0.25, 0.3) is 5.91 Å². The van der Waals surface area contributed by atoms with Crippen molar-refractivity contribution >= 4 is 62.5 Å². The van der Waals surface area contributed by atoms with Crippen LogP contribution in [0, 0.1) is 0 Å². The molecular weight excluding hydrogens is 552 g/mol. The quantitative estimate of drug-likeness (QED) is 0.250. The molecule has 1 aliphatic heterocycles. The number of carbonyl (C=O) groups is 1. The molecule has 180 valence electrons. The number of para-hydroxylation sites is 2. The van der Waals surface area contributed by atoms with Gasteiger partial charge in [-0.15, -0.1) is 0 Å². The highest BCUT2D eigenvalue weighted by Crippen LogP contribution is 2.33. The molecule has 9 heteroatoms.